The van der Waals surface area contributed by atoms with Crippen LogP contribution in [0.4, 0.5) is 0 Å². The molecule has 0 saturated carbocycles. The summed E-state index contributed by atoms with van der Waals surface area (Å²) in [6.07, 6.45) is 2.95. The molecule has 1 amide bonds. The number of carbonyl (C=O) groups excluding carboxylic acids is 1. The molecule has 0 radical (unpaired) electrons. The van der Waals surface area contributed by atoms with E-state index in [1.807, 2.05) is 37.2 Å². The molecule has 0 spiro atoms. The van der Waals surface area contributed by atoms with Crippen LogP contribution >= 0.6 is 0 Å². The molecule has 0 aromatic heterocycles. The van der Waals surface area contributed by atoms with Crippen molar-refractivity contribution in [1.29, 1.82) is 0 Å². The van der Waals surface area contributed by atoms with Crippen molar-refractivity contribution in [3.8, 4) is 11.5 Å². The zero-order valence-corrected chi connectivity index (χ0v) is 17.3. The Morgan fingerprint density at radius 2 is 1.82 bits per heavy atom. The third-order valence-electron chi connectivity index (χ3n) is 5.63. The van der Waals surface area contributed by atoms with E-state index in [-0.39, 0.29) is 5.91 Å². The van der Waals surface area contributed by atoms with Gasteiger partial charge < -0.3 is 14.4 Å². The van der Waals surface area contributed by atoms with Gasteiger partial charge in [-0.3, -0.25) is 9.69 Å². The minimum atomic E-state index is 0.146. The number of ether oxygens (including phenoxy) is 2. The Labute approximate surface area is 167 Å². The van der Waals surface area contributed by atoms with Crippen LogP contribution in [0.5, 0.6) is 11.5 Å². The topological polar surface area (TPSA) is 42.0 Å². The molecule has 1 aliphatic carbocycles. The van der Waals surface area contributed by atoms with Crippen molar-refractivity contribution in [2.45, 2.75) is 25.3 Å². The maximum absolute atomic E-state index is 12.7. The third-order valence-corrected chi connectivity index (χ3v) is 5.63. The summed E-state index contributed by atoms with van der Waals surface area (Å²) in [4.78, 5) is 16.7. The van der Waals surface area contributed by atoms with Gasteiger partial charge >= 0.3 is 0 Å². The second kappa shape index (κ2) is 9.11. The van der Waals surface area contributed by atoms with Crippen molar-refractivity contribution in [3.05, 3.63) is 59.2 Å². The Morgan fingerprint density at radius 3 is 2.57 bits per heavy atom. The number of nitrogens with zero attached hydrogens (tertiary/aromatic N) is 2. The first-order chi connectivity index (χ1) is 13.5. The Hall–Kier alpha value is -2.53. The van der Waals surface area contributed by atoms with E-state index in [1.165, 1.54) is 11.1 Å². The number of aryl methyl sites for hydroxylation is 1. The number of hydrogen-bond donors (Lipinski definition) is 0. The van der Waals surface area contributed by atoms with Gasteiger partial charge in [0.05, 0.1) is 20.8 Å². The molecular formula is C23H30N2O3. The van der Waals surface area contributed by atoms with Crippen LogP contribution in [0.15, 0.2) is 42.5 Å². The molecule has 0 fully saturated rings. The van der Waals surface area contributed by atoms with Gasteiger partial charge in [0.1, 0.15) is 0 Å². The molecule has 0 N–H and O–H groups in total. The van der Waals surface area contributed by atoms with Crippen LogP contribution in [0, 0.1) is 0 Å². The van der Waals surface area contributed by atoms with Crippen molar-refractivity contribution in [2.75, 3.05) is 41.4 Å². The largest absolute Gasteiger partial charge is 0.493 e. The maximum atomic E-state index is 12.7. The molecular weight excluding hydrogens is 352 g/mol. The quantitative estimate of drug-likeness (QED) is 0.702. The molecule has 0 heterocycles. The normalized spacial score (nSPS) is 15.4. The Kier molecular flexibility index (Phi) is 6.57. The average molecular weight is 383 g/mol. The van der Waals surface area contributed by atoms with Gasteiger partial charge in [-0.2, -0.15) is 0 Å². The SMILES string of the molecule is COc1ccc(CCN(C)C(=O)CN(C)[C@@H]2CCc3ccccc32)cc1OC. The highest BCUT2D eigenvalue weighted by Crippen LogP contribution is 2.34. The van der Waals surface area contributed by atoms with Gasteiger partial charge in [-0.1, -0.05) is 30.3 Å². The van der Waals surface area contributed by atoms with Gasteiger partial charge in [0.25, 0.3) is 0 Å². The molecule has 0 unspecified atom stereocenters. The highest BCUT2D eigenvalue weighted by Gasteiger charge is 2.27. The molecule has 0 aliphatic heterocycles. The van der Waals surface area contributed by atoms with E-state index >= 15 is 0 Å². The minimum absolute atomic E-state index is 0.146. The predicted octanol–water partition coefficient (Wildman–Crippen LogP) is 3.32. The number of hydrogen-bond acceptors (Lipinski definition) is 4. The Morgan fingerprint density at radius 1 is 1.07 bits per heavy atom. The summed E-state index contributed by atoms with van der Waals surface area (Å²) in [5, 5.41) is 0. The summed E-state index contributed by atoms with van der Waals surface area (Å²) in [6.45, 7) is 1.10. The fraction of sp³-hybridized carbons (Fsp3) is 0.435. The predicted molar refractivity (Wildman–Crippen MR) is 111 cm³/mol. The van der Waals surface area contributed by atoms with Gasteiger partial charge in [-0.05, 0) is 55.1 Å². The molecule has 1 atom stereocenters. The molecule has 5 nitrogen and oxygen atoms in total. The highest BCUT2D eigenvalue weighted by atomic mass is 16.5. The van der Waals surface area contributed by atoms with E-state index in [1.54, 1.807) is 14.2 Å². The zero-order chi connectivity index (χ0) is 20.1. The van der Waals surface area contributed by atoms with Crippen LogP contribution < -0.4 is 9.47 Å². The Bertz CT molecular complexity index is 821. The van der Waals surface area contributed by atoms with Crippen LogP contribution in [0.25, 0.3) is 0 Å². The second-order valence-electron chi connectivity index (χ2n) is 7.42. The minimum Gasteiger partial charge on any atom is -0.493 e. The van der Waals surface area contributed by atoms with E-state index in [0.29, 0.717) is 30.6 Å². The number of methoxy groups -OCH3 is 2. The fourth-order valence-corrected chi connectivity index (χ4v) is 3.89. The molecule has 1 aliphatic rings. The lowest BCUT2D eigenvalue weighted by atomic mass is 10.1. The number of fused-ring (bicyclic) bond motifs is 1. The van der Waals surface area contributed by atoms with E-state index in [2.05, 4.69) is 29.2 Å². The van der Waals surface area contributed by atoms with Crippen LogP contribution in [0.1, 0.15) is 29.2 Å². The van der Waals surface area contributed by atoms with Crippen LogP contribution in [-0.4, -0.2) is 57.1 Å². The number of rotatable bonds is 8. The first-order valence-electron chi connectivity index (χ1n) is 9.76. The van der Waals surface area contributed by atoms with E-state index in [9.17, 15) is 4.79 Å². The number of amides is 1. The summed E-state index contributed by atoms with van der Waals surface area (Å²) < 4.78 is 10.6. The van der Waals surface area contributed by atoms with Crippen molar-refractivity contribution in [1.82, 2.24) is 9.80 Å². The highest BCUT2D eigenvalue weighted by molar-refractivity contribution is 5.78. The van der Waals surface area contributed by atoms with Gasteiger partial charge in [0.2, 0.25) is 5.91 Å². The van der Waals surface area contributed by atoms with Crippen LogP contribution in [0.3, 0.4) is 0 Å². The van der Waals surface area contributed by atoms with Gasteiger partial charge in [0, 0.05) is 19.6 Å². The van der Waals surface area contributed by atoms with Gasteiger partial charge in [-0.25, -0.2) is 0 Å². The zero-order valence-electron chi connectivity index (χ0n) is 17.3. The molecule has 3 rings (SSSR count). The molecule has 2 aromatic carbocycles. The lowest BCUT2D eigenvalue weighted by Gasteiger charge is -2.27. The lowest BCUT2D eigenvalue weighted by molar-refractivity contribution is -0.131. The summed E-state index contributed by atoms with van der Waals surface area (Å²) >= 11 is 0. The summed E-state index contributed by atoms with van der Waals surface area (Å²) in [6, 6.07) is 14.8. The monoisotopic (exact) mass is 382 g/mol. The second-order valence-corrected chi connectivity index (χ2v) is 7.42. The number of likely N-dealkylation sites (N-methyl/N-ethyl adjacent to an activating group) is 2. The molecule has 0 saturated heterocycles. The first kappa shape index (κ1) is 20.2. The van der Waals surface area contributed by atoms with Crippen molar-refractivity contribution < 1.29 is 14.3 Å². The van der Waals surface area contributed by atoms with Gasteiger partial charge in [0.15, 0.2) is 11.5 Å². The van der Waals surface area contributed by atoms with Crippen molar-refractivity contribution in [3.63, 3.8) is 0 Å². The average Bonchev–Trinajstić information content (AvgIpc) is 3.15. The van der Waals surface area contributed by atoms with Crippen LogP contribution in [-0.2, 0) is 17.6 Å². The molecule has 2 aromatic rings. The molecule has 28 heavy (non-hydrogen) atoms. The summed E-state index contributed by atoms with van der Waals surface area (Å²) in [5.74, 6) is 1.58. The summed E-state index contributed by atoms with van der Waals surface area (Å²) in [5.41, 5.74) is 3.90. The summed E-state index contributed by atoms with van der Waals surface area (Å²) in [7, 11) is 7.18. The van der Waals surface area contributed by atoms with E-state index < -0.39 is 0 Å². The standard InChI is InChI=1S/C23H30N2O3/c1-24(14-13-17-9-12-21(27-3)22(15-17)28-4)23(26)16-25(2)20-11-10-18-7-5-6-8-19(18)20/h5-9,12,15,20H,10-11,13-14,16H2,1-4H3/t20-/m1/s1. The molecule has 0 bridgehead atoms. The lowest BCUT2D eigenvalue weighted by Crippen LogP contribution is -2.38. The van der Waals surface area contributed by atoms with Gasteiger partial charge in [-0.15, -0.1) is 0 Å². The maximum Gasteiger partial charge on any atom is 0.236 e. The van der Waals surface area contributed by atoms with Crippen molar-refractivity contribution in [2.24, 2.45) is 0 Å². The van der Waals surface area contributed by atoms with E-state index in [4.69, 9.17) is 9.47 Å². The van der Waals surface area contributed by atoms with Crippen molar-refractivity contribution >= 4 is 5.91 Å². The van der Waals surface area contributed by atoms with Crippen LogP contribution in [0.2, 0.25) is 0 Å². The molecule has 5 heteroatoms. The smallest absolute Gasteiger partial charge is 0.236 e. The number of carbonyl (C=O) groups is 1. The third kappa shape index (κ3) is 4.47. The molecule has 150 valence electrons. The first-order valence-corrected chi connectivity index (χ1v) is 9.76. The van der Waals surface area contributed by atoms with E-state index in [0.717, 1.165) is 24.8 Å². The fourth-order valence-electron chi connectivity index (χ4n) is 3.89. The Balaban J connectivity index is 1.54. The number of benzene rings is 2.